The summed E-state index contributed by atoms with van der Waals surface area (Å²) in [7, 11) is 0. The molecule has 1 fully saturated rings. The normalized spacial score (nSPS) is 28.5. The van der Waals surface area contributed by atoms with Crippen molar-refractivity contribution in [3.63, 3.8) is 0 Å². The number of halogens is 1. The van der Waals surface area contributed by atoms with Crippen molar-refractivity contribution in [3.8, 4) is 0 Å². The van der Waals surface area contributed by atoms with Crippen LogP contribution < -0.4 is 4.90 Å². The molecular weight excluding hydrogens is 205 g/mol. The van der Waals surface area contributed by atoms with Gasteiger partial charge in [0.2, 0.25) is 0 Å². The summed E-state index contributed by atoms with van der Waals surface area (Å²) >= 11 is 0. The summed E-state index contributed by atoms with van der Waals surface area (Å²) in [4.78, 5) is 2.19. The number of fused-ring (bicyclic) bond motifs is 1. The Morgan fingerprint density at radius 2 is 2.19 bits per heavy atom. The zero-order valence-corrected chi connectivity index (χ0v) is 9.19. The predicted molar refractivity (Wildman–Crippen MR) is 61.1 cm³/mol. The molecule has 1 aromatic rings. The van der Waals surface area contributed by atoms with Crippen molar-refractivity contribution in [2.45, 2.75) is 37.8 Å². The second kappa shape index (κ2) is 3.74. The molecule has 16 heavy (non-hydrogen) atoms. The maximum atomic E-state index is 13.2. The topological polar surface area (TPSA) is 23.5 Å². The molecule has 2 nitrogen and oxygen atoms in total. The number of nitrogens with zero attached hydrogens (tertiary/aromatic N) is 1. The van der Waals surface area contributed by atoms with Gasteiger partial charge < -0.3 is 10.0 Å². The Hall–Kier alpha value is -1.09. The highest BCUT2D eigenvalue weighted by molar-refractivity contribution is 5.59. The molecule has 3 rings (SSSR count). The summed E-state index contributed by atoms with van der Waals surface area (Å²) in [5.74, 6) is -0.182. The molecule has 0 unspecified atom stereocenters. The van der Waals surface area contributed by atoms with Crippen LogP contribution in [0.2, 0.25) is 0 Å². The van der Waals surface area contributed by atoms with E-state index in [2.05, 4.69) is 4.90 Å². The van der Waals surface area contributed by atoms with E-state index in [0.29, 0.717) is 0 Å². The minimum atomic E-state index is -0.241. The standard InChI is InChI=1S/C13H16FNO/c14-10-5-4-9-6-7-15(12(9)8-10)11-2-1-3-13(11)16/h4-5,8,11,13,16H,1-3,6-7H2/t11-,13-/m0/s1. The van der Waals surface area contributed by atoms with Gasteiger partial charge in [0.15, 0.2) is 0 Å². The molecule has 1 aromatic carbocycles. The van der Waals surface area contributed by atoms with Crippen LogP contribution in [0.25, 0.3) is 0 Å². The van der Waals surface area contributed by atoms with Crippen molar-refractivity contribution >= 4 is 5.69 Å². The lowest BCUT2D eigenvalue weighted by molar-refractivity contribution is 0.161. The van der Waals surface area contributed by atoms with Gasteiger partial charge in [-0.2, -0.15) is 0 Å². The van der Waals surface area contributed by atoms with Gasteiger partial charge in [-0.25, -0.2) is 4.39 Å². The molecular formula is C13H16FNO. The van der Waals surface area contributed by atoms with E-state index in [0.717, 1.165) is 37.9 Å². The van der Waals surface area contributed by atoms with Gasteiger partial charge in [0.05, 0.1) is 12.1 Å². The molecule has 0 bridgehead atoms. The predicted octanol–water partition coefficient (Wildman–Crippen LogP) is 2.10. The minimum absolute atomic E-state index is 0.182. The lowest BCUT2D eigenvalue weighted by Crippen LogP contribution is -2.39. The van der Waals surface area contributed by atoms with Crippen molar-refractivity contribution in [1.82, 2.24) is 0 Å². The number of hydrogen-bond donors (Lipinski definition) is 1. The molecule has 2 atom stereocenters. The van der Waals surface area contributed by atoms with Gasteiger partial charge in [0.25, 0.3) is 0 Å². The van der Waals surface area contributed by atoms with E-state index >= 15 is 0 Å². The lowest BCUT2D eigenvalue weighted by Gasteiger charge is -2.29. The molecule has 2 aliphatic rings. The molecule has 0 amide bonds. The number of aliphatic hydroxyl groups is 1. The van der Waals surface area contributed by atoms with Gasteiger partial charge in [-0.1, -0.05) is 6.07 Å². The second-order valence-corrected chi connectivity index (χ2v) is 4.78. The molecule has 0 aromatic heterocycles. The van der Waals surface area contributed by atoms with Crippen LogP contribution in [0.4, 0.5) is 10.1 Å². The fourth-order valence-electron chi connectivity index (χ4n) is 3.01. The van der Waals surface area contributed by atoms with Crippen LogP contribution in [0.15, 0.2) is 18.2 Å². The third-order valence-corrected chi connectivity index (χ3v) is 3.82. The summed E-state index contributed by atoms with van der Waals surface area (Å²) in [6.07, 6.45) is 3.71. The Balaban J connectivity index is 1.93. The quantitative estimate of drug-likeness (QED) is 0.785. The average molecular weight is 221 g/mol. The van der Waals surface area contributed by atoms with E-state index in [-0.39, 0.29) is 18.0 Å². The Morgan fingerprint density at radius 3 is 2.94 bits per heavy atom. The fraction of sp³-hybridized carbons (Fsp3) is 0.538. The highest BCUT2D eigenvalue weighted by atomic mass is 19.1. The molecule has 1 saturated carbocycles. The van der Waals surface area contributed by atoms with Gasteiger partial charge in [-0.3, -0.25) is 0 Å². The first-order chi connectivity index (χ1) is 7.75. The van der Waals surface area contributed by atoms with Crippen LogP contribution in [0, 0.1) is 5.82 Å². The minimum Gasteiger partial charge on any atom is -0.391 e. The van der Waals surface area contributed by atoms with Crippen LogP contribution in [0.1, 0.15) is 24.8 Å². The Kier molecular flexibility index (Phi) is 2.36. The van der Waals surface area contributed by atoms with E-state index in [4.69, 9.17) is 0 Å². The molecule has 1 aliphatic heterocycles. The maximum Gasteiger partial charge on any atom is 0.125 e. The smallest absolute Gasteiger partial charge is 0.125 e. The van der Waals surface area contributed by atoms with Crippen LogP contribution in [-0.4, -0.2) is 23.8 Å². The first-order valence-electron chi connectivity index (χ1n) is 5.99. The lowest BCUT2D eigenvalue weighted by atomic mass is 10.1. The first-order valence-corrected chi connectivity index (χ1v) is 5.99. The summed E-state index contributed by atoms with van der Waals surface area (Å²) in [6, 6.07) is 5.19. The number of benzene rings is 1. The summed E-state index contributed by atoms with van der Waals surface area (Å²) in [5.41, 5.74) is 2.20. The largest absolute Gasteiger partial charge is 0.391 e. The molecule has 3 heteroatoms. The van der Waals surface area contributed by atoms with Crippen molar-refractivity contribution in [2.75, 3.05) is 11.4 Å². The number of rotatable bonds is 1. The third-order valence-electron chi connectivity index (χ3n) is 3.82. The molecule has 1 aliphatic carbocycles. The molecule has 1 heterocycles. The van der Waals surface area contributed by atoms with Gasteiger partial charge in [0, 0.05) is 12.2 Å². The van der Waals surface area contributed by atoms with Crippen molar-refractivity contribution in [1.29, 1.82) is 0 Å². The number of aliphatic hydroxyl groups excluding tert-OH is 1. The first kappa shape index (κ1) is 10.1. The van der Waals surface area contributed by atoms with E-state index in [1.54, 1.807) is 6.07 Å². The van der Waals surface area contributed by atoms with Crippen LogP contribution >= 0.6 is 0 Å². The molecule has 0 saturated heterocycles. The zero-order valence-electron chi connectivity index (χ0n) is 9.19. The maximum absolute atomic E-state index is 13.2. The zero-order chi connectivity index (χ0) is 11.1. The van der Waals surface area contributed by atoms with E-state index in [9.17, 15) is 9.50 Å². The molecule has 1 N–H and O–H groups in total. The van der Waals surface area contributed by atoms with Crippen molar-refractivity contribution in [3.05, 3.63) is 29.6 Å². The van der Waals surface area contributed by atoms with E-state index in [1.165, 1.54) is 11.6 Å². The monoisotopic (exact) mass is 221 g/mol. The highest BCUT2D eigenvalue weighted by Crippen LogP contribution is 2.35. The van der Waals surface area contributed by atoms with Gasteiger partial charge in [-0.05, 0) is 43.4 Å². The number of anilines is 1. The third kappa shape index (κ3) is 1.50. The second-order valence-electron chi connectivity index (χ2n) is 4.78. The molecule has 86 valence electrons. The van der Waals surface area contributed by atoms with Crippen LogP contribution in [-0.2, 0) is 6.42 Å². The van der Waals surface area contributed by atoms with Crippen molar-refractivity contribution < 1.29 is 9.50 Å². The summed E-state index contributed by atoms with van der Waals surface area (Å²) in [6.45, 7) is 0.917. The van der Waals surface area contributed by atoms with Crippen LogP contribution in [0.3, 0.4) is 0 Å². The van der Waals surface area contributed by atoms with Gasteiger partial charge >= 0.3 is 0 Å². The van der Waals surface area contributed by atoms with E-state index < -0.39 is 0 Å². The van der Waals surface area contributed by atoms with Crippen molar-refractivity contribution in [2.24, 2.45) is 0 Å². The molecule has 0 spiro atoms. The highest BCUT2D eigenvalue weighted by Gasteiger charge is 2.34. The Morgan fingerprint density at radius 1 is 1.31 bits per heavy atom. The van der Waals surface area contributed by atoms with E-state index in [1.807, 2.05) is 6.07 Å². The average Bonchev–Trinajstić information content (AvgIpc) is 2.83. The summed E-state index contributed by atoms with van der Waals surface area (Å²) in [5, 5.41) is 9.91. The van der Waals surface area contributed by atoms with Gasteiger partial charge in [-0.15, -0.1) is 0 Å². The number of hydrogen-bond acceptors (Lipinski definition) is 2. The fourth-order valence-corrected chi connectivity index (χ4v) is 3.01. The van der Waals surface area contributed by atoms with Crippen LogP contribution in [0.5, 0.6) is 0 Å². The Labute approximate surface area is 94.7 Å². The van der Waals surface area contributed by atoms with Gasteiger partial charge in [0.1, 0.15) is 5.82 Å². The SMILES string of the molecule is O[C@H]1CCC[C@@H]1N1CCc2ccc(F)cc21. The Bertz CT molecular complexity index is 407. The summed E-state index contributed by atoms with van der Waals surface area (Å²) < 4.78 is 13.2. The molecule has 0 radical (unpaired) electrons.